The molecule has 106 valence electrons. The Kier molecular flexibility index (Phi) is 5.84. The minimum atomic E-state index is 0.636. The molecule has 2 aromatic carbocycles. The SMILES string of the molecule is Clc1cccc(NCCCNc2cc(Cl)cc(Cl)c2)c1. The van der Waals surface area contributed by atoms with Gasteiger partial charge < -0.3 is 10.6 Å². The molecule has 2 aromatic rings. The summed E-state index contributed by atoms with van der Waals surface area (Å²) in [6.07, 6.45) is 0.969. The van der Waals surface area contributed by atoms with E-state index in [9.17, 15) is 0 Å². The predicted molar refractivity (Wildman–Crippen MR) is 89.5 cm³/mol. The Hall–Kier alpha value is -1.09. The number of benzene rings is 2. The van der Waals surface area contributed by atoms with Gasteiger partial charge in [0.2, 0.25) is 0 Å². The van der Waals surface area contributed by atoms with Gasteiger partial charge in [-0.15, -0.1) is 0 Å². The van der Waals surface area contributed by atoms with Gasteiger partial charge in [0, 0.05) is 39.5 Å². The van der Waals surface area contributed by atoms with Crippen LogP contribution in [0, 0.1) is 0 Å². The van der Waals surface area contributed by atoms with Crippen molar-refractivity contribution < 1.29 is 0 Å². The van der Waals surface area contributed by atoms with Gasteiger partial charge >= 0.3 is 0 Å². The van der Waals surface area contributed by atoms with Crippen molar-refractivity contribution in [3.63, 3.8) is 0 Å². The van der Waals surface area contributed by atoms with Gasteiger partial charge in [-0.05, 0) is 42.8 Å². The van der Waals surface area contributed by atoms with Crippen LogP contribution in [-0.4, -0.2) is 13.1 Å². The molecule has 0 bridgehead atoms. The summed E-state index contributed by atoms with van der Waals surface area (Å²) in [5, 5.41) is 8.62. The molecule has 0 spiro atoms. The van der Waals surface area contributed by atoms with Crippen LogP contribution in [0.25, 0.3) is 0 Å². The summed E-state index contributed by atoms with van der Waals surface area (Å²) in [6.45, 7) is 1.70. The van der Waals surface area contributed by atoms with Gasteiger partial charge in [-0.25, -0.2) is 0 Å². The molecule has 0 amide bonds. The molecule has 0 aliphatic heterocycles. The second-order valence-electron chi connectivity index (χ2n) is 4.38. The number of nitrogens with one attached hydrogen (secondary N) is 2. The van der Waals surface area contributed by atoms with Crippen molar-refractivity contribution in [3.05, 3.63) is 57.5 Å². The molecule has 0 saturated carbocycles. The third-order valence-electron chi connectivity index (χ3n) is 2.70. The van der Waals surface area contributed by atoms with Gasteiger partial charge in [0.1, 0.15) is 0 Å². The average Bonchev–Trinajstić information content (AvgIpc) is 2.37. The molecule has 0 fully saturated rings. The van der Waals surface area contributed by atoms with E-state index in [-0.39, 0.29) is 0 Å². The van der Waals surface area contributed by atoms with Crippen molar-refractivity contribution in [2.45, 2.75) is 6.42 Å². The van der Waals surface area contributed by atoms with Gasteiger partial charge in [0.25, 0.3) is 0 Å². The molecule has 2 N–H and O–H groups in total. The first kappa shape index (κ1) is 15.3. The summed E-state index contributed by atoms with van der Waals surface area (Å²) in [7, 11) is 0. The molecule has 0 saturated heterocycles. The van der Waals surface area contributed by atoms with E-state index in [0.29, 0.717) is 10.0 Å². The van der Waals surface area contributed by atoms with Crippen molar-refractivity contribution >= 4 is 46.2 Å². The van der Waals surface area contributed by atoms with Crippen molar-refractivity contribution in [1.82, 2.24) is 0 Å². The molecule has 0 aliphatic carbocycles. The zero-order valence-electron chi connectivity index (χ0n) is 10.8. The minimum absolute atomic E-state index is 0.636. The van der Waals surface area contributed by atoms with E-state index in [4.69, 9.17) is 34.8 Å². The Morgan fingerprint density at radius 2 is 1.30 bits per heavy atom. The molecule has 0 aromatic heterocycles. The predicted octanol–water partition coefficient (Wildman–Crippen LogP) is 5.56. The Labute approximate surface area is 134 Å². The topological polar surface area (TPSA) is 24.1 Å². The number of anilines is 2. The lowest BCUT2D eigenvalue weighted by atomic mass is 10.3. The van der Waals surface area contributed by atoms with E-state index in [1.54, 1.807) is 6.07 Å². The quantitative estimate of drug-likeness (QED) is 0.678. The van der Waals surface area contributed by atoms with Crippen LogP contribution in [0.2, 0.25) is 15.1 Å². The van der Waals surface area contributed by atoms with Gasteiger partial charge in [-0.3, -0.25) is 0 Å². The van der Waals surface area contributed by atoms with E-state index >= 15 is 0 Å². The number of hydrogen-bond acceptors (Lipinski definition) is 2. The largest absolute Gasteiger partial charge is 0.385 e. The van der Waals surface area contributed by atoms with Crippen LogP contribution in [0.5, 0.6) is 0 Å². The lowest BCUT2D eigenvalue weighted by Gasteiger charge is -2.09. The maximum absolute atomic E-state index is 5.94. The standard InChI is InChI=1S/C15H15Cl3N2/c16-11-3-1-4-14(8-11)19-5-2-6-20-15-9-12(17)7-13(18)10-15/h1,3-4,7-10,19-20H,2,5-6H2. The van der Waals surface area contributed by atoms with Crippen LogP contribution in [0.3, 0.4) is 0 Å². The van der Waals surface area contributed by atoms with Gasteiger partial charge in [-0.1, -0.05) is 40.9 Å². The maximum atomic E-state index is 5.94. The van der Waals surface area contributed by atoms with Crippen LogP contribution < -0.4 is 10.6 Å². The first-order valence-electron chi connectivity index (χ1n) is 6.33. The Morgan fingerprint density at radius 3 is 1.95 bits per heavy atom. The van der Waals surface area contributed by atoms with Crippen molar-refractivity contribution in [2.24, 2.45) is 0 Å². The summed E-state index contributed by atoms with van der Waals surface area (Å²) in [5.41, 5.74) is 1.97. The van der Waals surface area contributed by atoms with Crippen LogP contribution in [0.1, 0.15) is 6.42 Å². The van der Waals surface area contributed by atoms with E-state index in [2.05, 4.69) is 10.6 Å². The number of hydrogen-bond donors (Lipinski definition) is 2. The first-order valence-corrected chi connectivity index (χ1v) is 7.46. The average molecular weight is 330 g/mol. The highest BCUT2D eigenvalue weighted by atomic mass is 35.5. The van der Waals surface area contributed by atoms with Crippen LogP contribution >= 0.6 is 34.8 Å². The summed E-state index contributed by atoms with van der Waals surface area (Å²) >= 11 is 17.8. The number of halogens is 3. The lowest BCUT2D eigenvalue weighted by Crippen LogP contribution is -2.09. The third-order valence-corrected chi connectivity index (χ3v) is 3.37. The minimum Gasteiger partial charge on any atom is -0.385 e. The monoisotopic (exact) mass is 328 g/mol. The summed E-state index contributed by atoms with van der Waals surface area (Å²) in [6, 6.07) is 13.1. The third kappa shape index (κ3) is 5.12. The van der Waals surface area contributed by atoms with Crippen molar-refractivity contribution in [2.75, 3.05) is 23.7 Å². The van der Waals surface area contributed by atoms with E-state index < -0.39 is 0 Å². The summed E-state index contributed by atoms with van der Waals surface area (Å²) in [4.78, 5) is 0. The van der Waals surface area contributed by atoms with E-state index in [1.165, 1.54) is 0 Å². The normalized spacial score (nSPS) is 10.3. The van der Waals surface area contributed by atoms with Gasteiger partial charge in [-0.2, -0.15) is 0 Å². The molecule has 20 heavy (non-hydrogen) atoms. The van der Waals surface area contributed by atoms with Crippen molar-refractivity contribution in [1.29, 1.82) is 0 Å². The Balaban J connectivity index is 1.71. The highest BCUT2D eigenvalue weighted by Crippen LogP contribution is 2.22. The highest BCUT2D eigenvalue weighted by molar-refractivity contribution is 6.35. The fraction of sp³-hybridized carbons (Fsp3) is 0.200. The Bertz CT molecular complexity index is 553. The molecule has 0 atom stereocenters. The molecule has 0 radical (unpaired) electrons. The van der Waals surface area contributed by atoms with Gasteiger partial charge in [0.15, 0.2) is 0 Å². The molecule has 0 aliphatic rings. The molecular weight excluding hydrogens is 315 g/mol. The zero-order valence-corrected chi connectivity index (χ0v) is 13.1. The smallest absolute Gasteiger partial charge is 0.0441 e. The highest BCUT2D eigenvalue weighted by Gasteiger charge is 1.98. The van der Waals surface area contributed by atoms with E-state index in [1.807, 2.05) is 36.4 Å². The second-order valence-corrected chi connectivity index (χ2v) is 5.68. The second kappa shape index (κ2) is 7.63. The summed E-state index contributed by atoms with van der Waals surface area (Å²) in [5.74, 6) is 0. The molecule has 2 rings (SSSR count). The lowest BCUT2D eigenvalue weighted by molar-refractivity contribution is 0.909. The maximum Gasteiger partial charge on any atom is 0.0441 e. The van der Waals surface area contributed by atoms with Crippen LogP contribution in [-0.2, 0) is 0 Å². The molecule has 2 nitrogen and oxygen atoms in total. The number of rotatable bonds is 6. The zero-order chi connectivity index (χ0) is 14.4. The molecular formula is C15H15Cl3N2. The molecule has 0 heterocycles. The van der Waals surface area contributed by atoms with Gasteiger partial charge in [0.05, 0.1) is 0 Å². The fourth-order valence-corrected chi connectivity index (χ4v) is 2.52. The van der Waals surface area contributed by atoms with E-state index in [0.717, 1.165) is 35.9 Å². The summed E-state index contributed by atoms with van der Waals surface area (Å²) < 4.78 is 0. The molecule has 0 unspecified atom stereocenters. The first-order chi connectivity index (χ1) is 9.63. The Morgan fingerprint density at radius 1 is 0.700 bits per heavy atom. The molecule has 5 heteroatoms. The fourth-order valence-electron chi connectivity index (χ4n) is 1.81. The van der Waals surface area contributed by atoms with Crippen LogP contribution in [0.4, 0.5) is 11.4 Å². The van der Waals surface area contributed by atoms with Crippen molar-refractivity contribution in [3.8, 4) is 0 Å². The van der Waals surface area contributed by atoms with Crippen LogP contribution in [0.15, 0.2) is 42.5 Å².